The Kier molecular flexibility index (Phi) is 7.46. The van der Waals surface area contributed by atoms with Crippen molar-refractivity contribution in [2.24, 2.45) is 0 Å². The van der Waals surface area contributed by atoms with Crippen LogP contribution in [0.5, 0.6) is 0 Å². The number of anilines is 2. The van der Waals surface area contributed by atoms with Crippen molar-refractivity contribution in [3.63, 3.8) is 0 Å². The Bertz CT molecular complexity index is 1020. The van der Waals surface area contributed by atoms with Crippen LogP contribution in [-0.2, 0) is 16.8 Å². The molecular formula is C15H8F18N2O3. The van der Waals surface area contributed by atoms with Crippen molar-refractivity contribution in [2.45, 2.75) is 53.9 Å². The number of nitrogens with two attached hydrogens (primary N) is 2. The summed E-state index contributed by atoms with van der Waals surface area (Å²) in [4.78, 5) is 0. The molecule has 7 N–H and O–H groups in total. The molecule has 0 spiro atoms. The SMILES string of the molecule is Nc1cc(C(O)(C(F)(F)F)C(F)(F)F)c(C(O)(C(F)(F)F)C(F)(F)F)c(C(O)(C(F)(F)F)C(F)(F)F)c1N. The van der Waals surface area contributed by atoms with Crippen molar-refractivity contribution in [3.05, 3.63) is 22.8 Å². The van der Waals surface area contributed by atoms with E-state index in [-0.39, 0.29) is 0 Å². The highest BCUT2D eigenvalue weighted by molar-refractivity contribution is 5.75. The van der Waals surface area contributed by atoms with E-state index in [2.05, 4.69) is 11.5 Å². The van der Waals surface area contributed by atoms with E-state index in [0.717, 1.165) is 0 Å². The Morgan fingerprint density at radius 3 is 0.895 bits per heavy atom. The Labute approximate surface area is 195 Å². The summed E-state index contributed by atoms with van der Waals surface area (Å²) >= 11 is 0. The summed E-state index contributed by atoms with van der Waals surface area (Å²) in [6.45, 7) is 0. The van der Waals surface area contributed by atoms with Crippen LogP contribution in [-0.4, -0.2) is 52.4 Å². The van der Waals surface area contributed by atoms with Gasteiger partial charge in [0.1, 0.15) is 0 Å². The van der Waals surface area contributed by atoms with Gasteiger partial charge in [0.15, 0.2) is 0 Å². The first-order valence-electron chi connectivity index (χ1n) is 8.48. The number of halogens is 18. The van der Waals surface area contributed by atoms with E-state index < -0.39 is 88.0 Å². The number of rotatable bonds is 3. The van der Waals surface area contributed by atoms with Gasteiger partial charge in [-0.1, -0.05) is 0 Å². The maximum Gasteiger partial charge on any atom is 0.430 e. The highest BCUT2D eigenvalue weighted by Gasteiger charge is 2.81. The maximum absolute atomic E-state index is 13.5. The highest BCUT2D eigenvalue weighted by Crippen LogP contribution is 2.63. The number of benzene rings is 1. The third-order valence-corrected chi connectivity index (χ3v) is 4.97. The normalized spacial score (nSPS) is 15.7. The van der Waals surface area contributed by atoms with Gasteiger partial charge >= 0.3 is 37.1 Å². The second kappa shape index (κ2) is 8.47. The van der Waals surface area contributed by atoms with Gasteiger partial charge < -0.3 is 26.8 Å². The molecule has 222 valence electrons. The van der Waals surface area contributed by atoms with Gasteiger partial charge in [0.05, 0.1) is 11.4 Å². The molecule has 0 unspecified atom stereocenters. The van der Waals surface area contributed by atoms with Crippen LogP contribution >= 0.6 is 0 Å². The van der Waals surface area contributed by atoms with Gasteiger partial charge in [0, 0.05) is 16.7 Å². The van der Waals surface area contributed by atoms with Gasteiger partial charge in [-0.15, -0.1) is 0 Å². The molecule has 0 heterocycles. The fraction of sp³-hybridized carbons (Fsp3) is 0.600. The molecule has 0 saturated heterocycles. The molecule has 0 saturated carbocycles. The molecule has 1 aromatic rings. The molecule has 0 aliphatic carbocycles. The summed E-state index contributed by atoms with van der Waals surface area (Å²) in [6.07, 6.45) is -46.1. The Morgan fingerprint density at radius 2 is 0.658 bits per heavy atom. The van der Waals surface area contributed by atoms with E-state index in [1.54, 1.807) is 0 Å². The third kappa shape index (κ3) is 4.40. The van der Waals surface area contributed by atoms with E-state index in [0.29, 0.717) is 0 Å². The number of nitrogen functional groups attached to an aromatic ring is 2. The minimum Gasteiger partial charge on any atom is -0.397 e. The zero-order valence-electron chi connectivity index (χ0n) is 16.9. The lowest BCUT2D eigenvalue weighted by molar-refractivity contribution is -0.393. The van der Waals surface area contributed by atoms with Crippen molar-refractivity contribution in [3.8, 4) is 0 Å². The van der Waals surface area contributed by atoms with Crippen LogP contribution in [0.1, 0.15) is 16.7 Å². The van der Waals surface area contributed by atoms with Crippen LogP contribution in [0, 0.1) is 0 Å². The molecule has 1 rings (SSSR count). The van der Waals surface area contributed by atoms with Gasteiger partial charge in [-0.05, 0) is 6.07 Å². The molecule has 0 aromatic heterocycles. The van der Waals surface area contributed by atoms with Crippen LogP contribution in [0.2, 0.25) is 0 Å². The van der Waals surface area contributed by atoms with Gasteiger partial charge in [0.25, 0.3) is 16.8 Å². The summed E-state index contributed by atoms with van der Waals surface area (Å²) in [6, 6.07) is -1.43. The Morgan fingerprint density at radius 1 is 0.421 bits per heavy atom. The lowest BCUT2D eigenvalue weighted by atomic mass is 9.72. The van der Waals surface area contributed by atoms with Gasteiger partial charge in [-0.25, -0.2) is 0 Å². The fourth-order valence-electron chi connectivity index (χ4n) is 3.11. The van der Waals surface area contributed by atoms with Gasteiger partial charge in [-0.3, -0.25) is 0 Å². The summed E-state index contributed by atoms with van der Waals surface area (Å²) in [5, 5.41) is 28.3. The molecule has 0 bridgehead atoms. The third-order valence-electron chi connectivity index (χ3n) is 4.97. The minimum absolute atomic E-state index is 1.43. The van der Waals surface area contributed by atoms with Gasteiger partial charge in [-0.2, -0.15) is 79.0 Å². The largest absolute Gasteiger partial charge is 0.430 e. The smallest absolute Gasteiger partial charge is 0.397 e. The average molecular weight is 606 g/mol. The predicted molar refractivity (Wildman–Crippen MR) is 83.3 cm³/mol. The second-order valence-electron chi connectivity index (χ2n) is 7.29. The number of hydrogen-bond donors (Lipinski definition) is 5. The standard InChI is InChI=1S/C15H8F18N2O3/c16-10(17,18)7(36,11(19,20)21)2-1-3(34)6(35)5(9(38,14(28,29)30)15(31,32)33)4(2)8(37,12(22,23)24)13(25,26)27/h1,36-38H,34-35H2. The van der Waals surface area contributed by atoms with E-state index in [1.165, 1.54) is 0 Å². The second-order valence-corrected chi connectivity index (χ2v) is 7.29. The van der Waals surface area contributed by atoms with E-state index >= 15 is 0 Å². The van der Waals surface area contributed by atoms with Crippen LogP contribution < -0.4 is 11.5 Å². The highest BCUT2D eigenvalue weighted by atomic mass is 19.4. The molecule has 0 atom stereocenters. The first-order valence-corrected chi connectivity index (χ1v) is 8.48. The van der Waals surface area contributed by atoms with Crippen molar-refractivity contribution < 1.29 is 94.3 Å². The van der Waals surface area contributed by atoms with Crippen molar-refractivity contribution in [1.29, 1.82) is 0 Å². The average Bonchev–Trinajstić information content (AvgIpc) is 2.62. The van der Waals surface area contributed by atoms with E-state index in [1.807, 2.05) is 0 Å². The number of alkyl halides is 18. The van der Waals surface area contributed by atoms with E-state index in [4.69, 9.17) is 0 Å². The van der Waals surface area contributed by atoms with Crippen molar-refractivity contribution in [2.75, 3.05) is 11.5 Å². The fourth-order valence-corrected chi connectivity index (χ4v) is 3.11. The van der Waals surface area contributed by atoms with E-state index in [9.17, 15) is 94.3 Å². The number of aliphatic hydroxyl groups is 3. The maximum atomic E-state index is 13.5. The predicted octanol–water partition coefficient (Wildman–Crippen LogP) is 4.79. The molecule has 5 nitrogen and oxygen atoms in total. The molecule has 38 heavy (non-hydrogen) atoms. The van der Waals surface area contributed by atoms with Crippen LogP contribution in [0.25, 0.3) is 0 Å². The monoisotopic (exact) mass is 606 g/mol. The topological polar surface area (TPSA) is 113 Å². The van der Waals surface area contributed by atoms with Gasteiger partial charge in [0.2, 0.25) is 0 Å². The zero-order valence-corrected chi connectivity index (χ0v) is 16.9. The van der Waals surface area contributed by atoms with Crippen molar-refractivity contribution >= 4 is 11.4 Å². The quantitative estimate of drug-likeness (QED) is 0.251. The van der Waals surface area contributed by atoms with Crippen LogP contribution in [0.3, 0.4) is 0 Å². The summed E-state index contributed by atoms with van der Waals surface area (Å²) < 4.78 is 242. The van der Waals surface area contributed by atoms with Crippen LogP contribution in [0.15, 0.2) is 6.07 Å². The molecule has 0 radical (unpaired) electrons. The molecule has 0 aliphatic heterocycles. The van der Waals surface area contributed by atoms with Crippen molar-refractivity contribution in [1.82, 2.24) is 0 Å². The number of hydrogen-bond acceptors (Lipinski definition) is 5. The molecule has 0 aliphatic rings. The zero-order chi connectivity index (χ0) is 31.1. The minimum atomic E-state index is -7.81. The first kappa shape index (κ1) is 33.5. The Balaban J connectivity index is 5.05. The first-order chi connectivity index (χ1) is 16.2. The van der Waals surface area contributed by atoms with Crippen LogP contribution in [0.4, 0.5) is 90.4 Å². The molecule has 0 fully saturated rings. The lowest BCUT2D eigenvalue weighted by Gasteiger charge is -2.43. The lowest BCUT2D eigenvalue weighted by Crippen LogP contribution is -2.62. The molecular weight excluding hydrogens is 598 g/mol. The molecule has 0 amide bonds. The summed E-state index contributed by atoms with van der Waals surface area (Å²) in [7, 11) is 0. The summed E-state index contributed by atoms with van der Waals surface area (Å²) in [5.74, 6) is 0. The summed E-state index contributed by atoms with van der Waals surface area (Å²) in [5.41, 5.74) is -31.3. The Hall–Kier alpha value is -2.56. The molecule has 23 heteroatoms. The molecule has 1 aromatic carbocycles.